The van der Waals surface area contributed by atoms with Crippen molar-refractivity contribution in [2.24, 2.45) is 5.92 Å². The number of rotatable bonds is 7. The van der Waals surface area contributed by atoms with E-state index in [9.17, 15) is 9.18 Å². The molecule has 1 heterocycles. The fraction of sp³-hybridized carbons (Fsp3) is 0.667. The number of nitrogens with one attached hydrogen (secondary N) is 1. The third-order valence-electron chi connectivity index (χ3n) is 5.99. The van der Waals surface area contributed by atoms with E-state index in [0.29, 0.717) is 5.69 Å². The summed E-state index contributed by atoms with van der Waals surface area (Å²) in [5.41, 5.74) is 0.521. The molecule has 1 atom stereocenters. The van der Waals surface area contributed by atoms with E-state index in [-0.39, 0.29) is 17.8 Å². The molecule has 0 bridgehead atoms. The molecule has 144 valence electrons. The van der Waals surface area contributed by atoms with Gasteiger partial charge in [0.2, 0.25) is 5.91 Å². The second-order valence-corrected chi connectivity index (χ2v) is 7.85. The van der Waals surface area contributed by atoms with Crippen molar-refractivity contribution in [3.05, 3.63) is 30.1 Å². The zero-order valence-corrected chi connectivity index (χ0v) is 15.9. The molecule has 3 rings (SSSR count). The van der Waals surface area contributed by atoms with Gasteiger partial charge in [-0.15, -0.1) is 0 Å². The fourth-order valence-electron chi connectivity index (χ4n) is 4.26. The zero-order valence-electron chi connectivity index (χ0n) is 15.9. The van der Waals surface area contributed by atoms with E-state index in [0.717, 1.165) is 32.1 Å². The maximum atomic E-state index is 13.2. The minimum absolute atomic E-state index is 0.0646. The van der Waals surface area contributed by atoms with Crippen molar-refractivity contribution < 1.29 is 9.18 Å². The van der Waals surface area contributed by atoms with Crippen molar-refractivity contribution in [2.45, 2.75) is 51.5 Å². The molecule has 2 fully saturated rings. The van der Waals surface area contributed by atoms with Crippen molar-refractivity contribution in [1.82, 2.24) is 9.80 Å². The number of nitrogens with zero attached hydrogens (tertiary/aromatic N) is 2. The predicted octanol–water partition coefficient (Wildman–Crippen LogP) is 3.74. The Morgan fingerprint density at radius 1 is 1.23 bits per heavy atom. The molecule has 1 amide bonds. The maximum absolute atomic E-state index is 13.2. The van der Waals surface area contributed by atoms with Crippen LogP contribution in [0, 0.1) is 11.7 Å². The van der Waals surface area contributed by atoms with E-state index >= 15 is 0 Å². The Morgan fingerprint density at radius 2 is 1.96 bits per heavy atom. The molecule has 1 aliphatic carbocycles. The summed E-state index contributed by atoms with van der Waals surface area (Å²) >= 11 is 0. The third kappa shape index (κ3) is 5.52. The lowest BCUT2D eigenvalue weighted by atomic mass is 10.0. The van der Waals surface area contributed by atoms with Crippen molar-refractivity contribution in [3.63, 3.8) is 0 Å². The summed E-state index contributed by atoms with van der Waals surface area (Å²) in [6.07, 6.45) is 8.42. The van der Waals surface area contributed by atoms with Crippen LogP contribution in [-0.2, 0) is 4.79 Å². The quantitative estimate of drug-likeness (QED) is 0.804. The molecule has 26 heavy (non-hydrogen) atoms. The lowest BCUT2D eigenvalue weighted by molar-refractivity contribution is -0.121. The average molecular weight is 362 g/mol. The van der Waals surface area contributed by atoms with E-state index in [4.69, 9.17) is 0 Å². The molecule has 0 aromatic heterocycles. The molecule has 1 aromatic rings. The lowest BCUT2D eigenvalue weighted by Gasteiger charge is -2.37. The highest BCUT2D eigenvalue weighted by molar-refractivity contribution is 5.94. The van der Waals surface area contributed by atoms with Gasteiger partial charge >= 0.3 is 0 Å². The van der Waals surface area contributed by atoms with Gasteiger partial charge in [0, 0.05) is 31.9 Å². The van der Waals surface area contributed by atoms with Crippen LogP contribution in [0.3, 0.4) is 0 Å². The van der Waals surface area contributed by atoms with Crippen LogP contribution >= 0.6 is 0 Å². The normalized spacial score (nSPS) is 21.0. The number of benzene rings is 1. The zero-order chi connectivity index (χ0) is 18.4. The van der Waals surface area contributed by atoms with E-state index < -0.39 is 0 Å². The number of carbonyl (C=O) groups excluding carboxylic acids is 1. The van der Waals surface area contributed by atoms with Gasteiger partial charge in [-0.1, -0.05) is 31.7 Å². The first-order valence-electron chi connectivity index (χ1n) is 10.1. The summed E-state index contributed by atoms with van der Waals surface area (Å²) in [6.45, 7) is 7.02. The molecular weight excluding hydrogens is 329 g/mol. The van der Waals surface area contributed by atoms with E-state index in [1.54, 1.807) is 12.1 Å². The summed E-state index contributed by atoms with van der Waals surface area (Å²) in [7, 11) is 0. The molecule has 2 aliphatic rings. The molecule has 1 unspecified atom stereocenters. The molecule has 1 aliphatic heterocycles. The van der Waals surface area contributed by atoms with Gasteiger partial charge in [0.15, 0.2) is 0 Å². The van der Waals surface area contributed by atoms with Crippen LogP contribution < -0.4 is 5.32 Å². The van der Waals surface area contributed by atoms with Crippen LogP contribution in [0.5, 0.6) is 0 Å². The smallest absolute Gasteiger partial charge is 0.241 e. The highest BCUT2D eigenvalue weighted by atomic mass is 19.1. The number of carbonyl (C=O) groups is 1. The average Bonchev–Trinajstić information content (AvgIpc) is 3.15. The lowest BCUT2D eigenvalue weighted by Crippen LogP contribution is -2.52. The topological polar surface area (TPSA) is 35.6 Å². The van der Waals surface area contributed by atoms with Gasteiger partial charge in [-0.05, 0) is 50.4 Å². The first kappa shape index (κ1) is 19.3. The van der Waals surface area contributed by atoms with Gasteiger partial charge in [0.25, 0.3) is 0 Å². The molecule has 4 nitrogen and oxygen atoms in total. The molecule has 1 saturated heterocycles. The Balaban J connectivity index is 1.37. The Hall–Kier alpha value is -1.46. The van der Waals surface area contributed by atoms with Crippen LogP contribution in [0.4, 0.5) is 10.1 Å². The molecule has 1 aromatic carbocycles. The monoisotopic (exact) mass is 361 g/mol. The number of hydrogen-bond acceptors (Lipinski definition) is 3. The van der Waals surface area contributed by atoms with Crippen molar-refractivity contribution >= 4 is 11.6 Å². The first-order chi connectivity index (χ1) is 12.6. The minimum Gasteiger partial charge on any atom is -0.325 e. The summed E-state index contributed by atoms with van der Waals surface area (Å²) < 4.78 is 13.2. The number of amides is 1. The van der Waals surface area contributed by atoms with Gasteiger partial charge in [-0.2, -0.15) is 0 Å². The summed E-state index contributed by atoms with van der Waals surface area (Å²) in [6, 6.07) is 5.87. The van der Waals surface area contributed by atoms with Crippen LogP contribution in [0.1, 0.15) is 45.4 Å². The predicted molar refractivity (Wildman–Crippen MR) is 104 cm³/mol. The van der Waals surface area contributed by atoms with Gasteiger partial charge in [0.1, 0.15) is 5.82 Å². The summed E-state index contributed by atoms with van der Waals surface area (Å²) in [5.74, 6) is 0.579. The molecule has 1 N–H and O–H groups in total. The fourth-order valence-corrected chi connectivity index (χ4v) is 4.26. The van der Waals surface area contributed by atoms with E-state index in [1.807, 2.05) is 6.92 Å². The molecule has 0 radical (unpaired) electrons. The van der Waals surface area contributed by atoms with Gasteiger partial charge in [-0.3, -0.25) is 9.69 Å². The number of anilines is 1. The maximum Gasteiger partial charge on any atom is 0.241 e. The van der Waals surface area contributed by atoms with Crippen LogP contribution in [-0.4, -0.2) is 54.5 Å². The summed E-state index contributed by atoms with van der Waals surface area (Å²) in [5, 5.41) is 2.82. The van der Waals surface area contributed by atoms with Crippen LogP contribution in [0.15, 0.2) is 24.3 Å². The van der Waals surface area contributed by atoms with Gasteiger partial charge in [0.05, 0.1) is 6.04 Å². The van der Waals surface area contributed by atoms with Crippen LogP contribution in [0.2, 0.25) is 0 Å². The molecule has 0 spiro atoms. The Kier molecular flexibility index (Phi) is 7.03. The summed E-state index contributed by atoms with van der Waals surface area (Å²) in [4.78, 5) is 17.2. The number of piperazine rings is 1. The largest absolute Gasteiger partial charge is 0.325 e. The Morgan fingerprint density at radius 3 is 2.65 bits per heavy atom. The Bertz CT molecular complexity index is 580. The van der Waals surface area contributed by atoms with Gasteiger partial charge < -0.3 is 10.2 Å². The van der Waals surface area contributed by atoms with Crippen molar-refractivity contribution in [1.29, 1.82) is 0 Å². The highest BCUT2D eigenvalue weighted by Crippen LogP contribution is 2.28. The number of hydrogen-bond donors (Lipinski definition) is 1. The second kappa shape index (κ2) is 9.47. The Labute approximate surface area is 156 Å². The van der Waals surface area contributed by atoms with Crippen molar-refractivity contribution in [2.75, 3.05) is 38.0 Å². The molecule has 5 heteroatoms. The van der Waals surface area contributed by atoms with E-state index in [1.165, 1.54) is 57.2 Å². The first-order valence-corrected chi connectivity index (χ1v) is 10.1. The van der Waals surface area contributed by atoms with E-state index in [2.05, 4.69) is 15.1 Å². The molecular formula is C21H32FN3O. The van der Waals surface area contributed by atoms with Crippen molar-refractivity contribution in [3.8, 4) is 0 Å². The third-order valence-corrected chi connectivity index (χ3v) is 5.99. The highest BCUT2D eigenvalue weighted by Gasteiger charge is 2.25. The SMILES string of the molecule is CC(C(=O)Nc1cccc(F)c1)N1CCN(CCCC2CCCC2)CC1. The van der Waals surface area contributed by atoms with Gasteiger partial charge in [-0.25, -0.2) is 4.39 Å². The number of halogens is 1. The molecule has 1 saturated carbocycles. The van der Waals surface area contributed by atoms with Crippen LogP contribution in [0.25, 0.3) is 0 Å². The second-order valence-electron chi connectivity index (χ2n) is 7.85. The minimum atomic E-state index is -0.332. The standard InChI is InChI=1S/C21H32FN3O/c1-17(21(26)23-20-10-4-9-19(22)16-20)25-14-12-24(13-15-25)11-5-8-18-6-2-3-7-18/h4,9-10,16-18H,2-3,5-8,11-15H2,1H3,(H,23,26).